The lowest BCUT2D eigenvalue weighted by molar-refractivity contribution is 0.102. The second-order valence-corrected chi connectivity index (χ2v) is 5.25. The zero-order valence-electron chi connectivity index (χ0n) is 13.3. The molecule has 0 aliphatic carbocycles. The van der Waals surface area contributed by atoms with Gasteiger partial charge in [0.1, 0.15) is 5.69 Å². The van der Waals surface area contributed by atoms with Crippen LogP contribution in [0.5, 0.6) is 0 Å². The zero-order valence-corrected chi connectivity index (χ0v) is 13.3. The van der Waals surface area contributed by atoms with Gasteiger partial charge in [-0.25, -0.2) is 0 Å². The van der Waals surface area contributed by atoms with Crippen molar-refractivity contribution in [3.8, 4) is 6.07 Å². The second-order valence-electron chi connectivity index (χ2n) is 5.25. The number of pyridine rings is 2. The van der Waals surface area contributed by atoms with E-state index in [2.05, 4.69) is 20.6 Å². The van der Waals surface area contributed by atoms with E-state index in [1.165, 1.54) is 0 Å². The largest absolute Gasteiger partial charge is 0.379 e. The number of anilines is 2. The van der Waals surface area contributed by atoms with Crippen LogP contribution in [0.4, 0.5) is 11.4 Å². The lowest BCUT2D eigenvalue weighted by Gasteiger charge is -2.08. The van der Waals surface area contributed by atoms with Crippen LogP contribution >= 0.6 is 0 Å². The Bertz CT molecular complexity index is 901. The molecule has 6 nitrogen and oxygen atoms in total. The highest BCUT2D eigenvalue weighted by molar-refractivity contribution is 6.03. The van der Waals surface area contributed by atoms with Crippen molar-refractivity contribution in [3.05, 3.63) is 83.9 Å². The van der Waals surface area contributed by atoms with Gasteiger partial charge < -0.3 is 10.6 Å². The van der Waals surface area contributed by atoms with Crippen molar-refractivity contribution in [2.24, 2.45) is 0 Å². The summed E-state index contributed by atoms with van der Waals surface area (Å²) in [5, 5.41) is 14.8. The average molecular weight is 329 g/mol. The number of carbonyl (C=O) groups excluding carboxylic acids is 1. The van der Waals surface area contributed by atoms with Crippen molar-refractivity contribution in [1.29, 1.82) is 5.26 Å². The van der Waals surface area contributed by atoms with Gasteiger partial charge in [0.2, 0.25) is 0 Å². The van der Waals surface area contributed by atoms with E-state index in [0.29, 0.717) is 23.5 Å². The van der Waals surface area contributed by atoms with Crippen molar-refractivity contribution < 1.29 is 4.79 Å². The van der Waals surface area contributed by atoms with Gasteiger partial charge in [0.25, 0.3) is 5.91 Å². The lowest BCUT2D eigenvalue weighted by Crippen LogP contribution is -2.14. The molecule has 0 saturated carbocycles. The number of nitrogens with zero attached hydrogens (tertiary/aromatic N) is 3. The third kappa shape index (κ3) is 4.39. The van der Waals surface area contributed by atoms with E-state index in [-0.39, 0.29) is 5.91 Å². The molecule has 0 bridgehead atoms. The summed E-state index contributed by atoms with van der Waals surface area (Å²) in [6.07, 6.45) is 3.31. The highest BCUT2D eigenvalue weighted by atomic mass is 16.1. The number of carbonyl (C=O) groups is 1. The smallest absolute Gasteiger partial charge is 0.274 e. The molecule has 0 aliphatic heterocycles. The third-order valence-electron chi connectivity index (χ3n) is 3.46. The molecule has 0 spiro atoms. The quantitative estimate of drug-likeness (QED) is 0.750. The maximum absolute atomic E-state index is 12.3. The average Bonchev–Trinajstić information content (AvgIpc) is 2.68. The first kappa shape index (κ1) is 16.1. The maximum Gasteiger partial charge on any atom is 0.274 e. The fraction of sp³-hybridized carbons (Fsp3) is 0.0526. The molecule has 0 saturated heterocycles. The predicted octanol–water partition coefficient (Wildman–Crippen LogP) is 3.21. The number of nitriles is 1. The van der Waals surface area contributed by atoms with E-state index < -0.39 is 0 Å². The van der Waals surface area contributed by atoms with Crippen molar-refractivity contribution in [2.45, 2.75) is 6.54 Å². The van der Waals surface area contributed by atoms with Gasteiger partial charge in [-0.2, -0.15) is 5.26 Å². The summed E-state index contributed by atoms with van der Waals surface area (Å²) in [4.78, 5) is 20.7. The Morgan fingerprint density at radius 1 is 1.00 bits per heavy atom. The molecular weight excluding hydrogens is 314 g/mol. The summed E-state index contributed by atoms with van der Waals surface area (Å²) in [5.74, 6) is -0.314. The first-order chi connectivity index (χ1) is 12.2. The molecule has 3 aromatic rings. The molecular formula is C19H15N5O. The van der Waals surface area contributed by atoms with E-state index in [0.717, 1.165) is 11.4 Å². The molecule has 0 atom stereocenters. The van der Waals surface area contributed by atoms with Crippen LogP contribution in [0.15, 0.2) is 67.0 Å². The Kier molecular flexibility index (Phi) is 4.98. The maximum atomic E-state index is 12.3. The Morgan fingerprint density at radius 2 is 1.84 bits per heavy atom. The predicted molar refractivity (Wildman–Crippen MR) is 94.9 cm³/mol. The van der Waals surface area contributed by atoms with Gasteiger partial charge in [0.15, 0.2) is 0 Å². The lowest BCUT2D eigenvalue weighted by atomic mass is 10.2. The zero-order chi connectivity index (χ0) is 17.5. The third-order valence-corrected chi connectivity index (χ3v) is 3.46. The van der Waals surface area contributed by atoms with Crippen LogP contribution in [0.1, 0.15) is 21.7 Å². The summed E-state index contributed by atoms with van der Waals surface area (Å²) in [7, 11) is 0. The molecule has 2 heterocycles. The topological polar surface area (TPSA) is 90.7 Å². The van der Waals surface area contributed by atoms with Gasteiger partial charge in [0.05, 0.1) is 23.9 Å². The van der Waals surface area contributed by atoms with Crippen molar-refractivity contribution in [2.75, 3.05) is 10.6 Å². The van der Waals surface area contributed by atoms with Crippen molar-refractivity contribution in [3.63, 3.8) is 0 Å². The first-order valence-corrected chi connectivity index (χ1v) is 7.66. The van der Waals surface area contributed by atoms with Crippen LogP contribution in [-0.4, -0.2) is 15.9 Å². The molecule has 6 heteroatoms. The van der Waals surface area contributed by atoms with Crippen LogP contribution in [0.3, 0.4) is 0 Å². The van der Waals surface area contributed by atoms with Gasteiger partial charge in [-0.1, -0.05) is 6.07 Å². The summed E-state index contributed by atoms with van der Waals surface area (Å²) in [6.45, 7) is 0.557. The Hall–Kier alpha value is -3.72. The summed E-state index contributed by atoms with van der Waals surface area (Å²) >= 11 is 0. The van der Waals surface area contributed by atoms with E-state index in [1.807, 2.05) is 24.3 Å². The van der Waals surface area contributed by atoms with Crippen LogP contribution in [0, 0.1) is 11.3 Å². The molecule has 0 unspecified atom stereocenters. The minimum absolute atomic E-state index is 0.301. The Labute approximate surface area is 145 Å². The Balaban J connectivity index is 1.65. The number of amides is 1. The number of rotatable bonds is 5. The van der Waals surface area contributed by atoms with Gasteiger partial charge in [-0.15, -0.1) is 0 Å². The number of nitrogens with one attached hydrogen (secondary N) is 2. The number of benzene rings is 1. The molecule has 0 fully saturated rings. The minimum atomic E-state index is -0.314. The van der Waals surface area contributed by atoms with Gasteiger partial charge in [0, 0.05) is 23.8 Å². The van der Waals surface area contributed by atoms with E-state index in [4.69, 9.17) is 5.26 Å². The molecule has 3 rings (SSSR count). The highest BCUT2D eigenvalue weighted by Gasteiger charge is 2.08. The summed E-state index contributed by atoms with van der Waals surface area (Å²) in [5.41, 5.74) is 3.14. The Morgan fingerprint density at radius 3 is 2.56 bits per heavy atom. The highest BCUT2D eigenvalue weighted by Crippen LogP contribution is 2.13. The second kappa shape index (κ2) is 7.70. The number of aromatic nitrogens is 2. The van der Waals surface area contributed by atoms with Crippen LogP contribution in [0.25, 0.3) is 0 Å². The molecule has 0 radical (unpaired) electrons. The summed E-state index contributed by atoms with van der Waals surface area (Å²) in [6, 6.07) is 17.9. The monoisotopic (exact) mass is 329 g/mol. The SMILES string of the molecule is N#Cc1ccc(NC(=O)c2cc(NCc3ccccn3)ccn2)cc1. The summed E-state index contributed by atoms with van der Waals surface area (Å²) < 4.78 is 0. The normalized spacial score (nSPS) is 9.88. The van der Waals surface area contributed by atoms with Crippen molar-refractivity contribution in [1.82, 2.24) is 9.97 Å². The molecule has 25 heavy (non-hydrogen) atoms. The van der Waals surface area contributed by atoms with Crippen LogP contribution in [0.2, 0.25) is 0 Å². The molecule has 2 N–H and O–H groups in total. The number of hydrogen-bond donors (Lipinski definition) is 2. The van der Waals surface area contributed by atoms with E-state index >= 15 is 0 Å². The minimum Gasteiger partial charge on any atom is -0.379 e. The fourth-order valence-electron chi connectivity index (χ4n) is 2.18. The van der Waals surface area contributed by atoms with Crippen molar-refractivity contribution >= 4 is 17.3 Å². The van der Waals surface area contributed by atoms with Gasteiger partial charge >= 0.3 is 0 Å². The van der Waals surface area contributed by atoms with E-state index in [9.17, 15) is 4.79 Å². The first-order valence-electron chi connectivity index (χ1n) is 7.66. The van der Waals surface area contributed by atoms with Crippen LogP contribution < -0.4 is 10.6 Å². The van der Waals surface area contributed by atoms with E-state index in [1.54, 1.807) is 48.8 Å². The fourth-order valence-corrected chi connectivity index (χ4v) is 2.18. The van der Waals surface area contributed by atoms with Crippen LogP contribution in [-0.2, 0) is 6.54 Å². The molecule has 0 aliphatic rings. The molecule has 1 aromatic carbocycles. The van der Waals surface area contributed by atoms with Gasteiger partial charge in [-0.3, -0.25) is 14.8 Å². The molecule has 2 aromatic heterocycles. The number of hydrogen-bond acceptors (Lipinski definition) is 5. The molecule has 122 valence electrons. The standard InChI is InChI=1S/C19H15N5O/c20-12-14-4-6-15(7-5-14)24-19(25)18-11-16(8-10-22-18)23-13-17-3-1-2-9-21-17/h1-11H,13H2,(H,22,23)(H,24,25). The molecule has 1 amide bonds. The van der Waals surface area contributed by atoms with Gasteiger partial charge in [-0.05, 0) is 48.5 Å².